The van der Waals surface area contributed by atoms with Crippen LogP contribution in [0.5, 0.6) is 0 Å². The normalized spacial score (nSPS) is 17.8. The van der Waals surface area contributed by atoms with Gasteiger partial charge in [0.1, 0.15) is 5.82 Å². The van der Waals surface area contributed by atoms with Gasteiger partial charge in [-0.1, -0.05) is 29.8 Å². The molecule has 2 aromatic carbocycles. The van der Waals surface area contributed by atoms with Crippen LogP contribution in [-0.4, -0.2) is 29.9 Å². The van der Waals surface area contributed by atoms with Crippen molar-refractivity contribution in [2.75, 3.05) is 18.4 Å². The lowest BCUT2D eigenvalue weighted by Gasteiger charge is -2.34. The Balaban J connectivity index is 1.70. The van der Waals surface area contributed by atoms with Crippen molar-refractivity contribution in [1.82, 2.24) is 4.90 Å². The molecule has 1 N–H and O–H groups in total. The van der Waals surface area contributed by atoms with Crippen LogP contribution in [0.2, 0.25) is 5.02 Å². The third kappa shape index (κ3) is 3.82. The maximum absolute atomic E-state index is 13.9. The summed E-state index contributed by atoms with van der Waals surface area (Å²) in [5.41, 5.74) is 1.07. The Morgan fingerprint density at radius 1 is 1.22 bits per heavy atom. The number of carbonyl (C=O) groups is 1. The molecule has 0 saturated carbocycles. The third-order valence-corrected chi connectivity index (χ3v) is 4.25. The monoisotopic (exact) mass is 332 g/mol. The highest BCUT2D eigenvalue weighted by atomic mass is 35.5. The highest BCUT2D eigenvalue weighted by Crippen LogP contribution is 2.21. The van der Waals surface area contributed by atoms with Crippen LogP contribution in [0.4, 0.5) is 10.1 Å². The highest BCUT2D eigenvalue weighted by molar-refractivity contribution is 6.31. The number of hydrogen-bond donors (Lipinski definition) is 1. The molecule has 0 aromatic heterocycles. The van der Waals surface area contributed by atoms with Crippen LogP contribution in [0.25, 0.3) is 0 Å². The molecule has 1 amide bonds. The van der Waals surface area contributed by atoms with Gasteiger partial charge in [-0.2, -0.15) is 0 Å². The first-order chi connectivity index (χ1) is 11.1. The minimum absolute atomic E-state index is 0.0397. The van der Waals surface area contributed by atoms with Gasteiger partial charge in [0.05, 0.1) is 5.56 Å². The first-order valence-electron chi connectivity index (χ1n) is 7.69. The molecule has 3 nitrogen and oxygen atoms in total. The minimum atomic E-state index is -0.530. The molecule has 2 aromatic rings. The van der Waals surface area contributed by atoms with Gasteiger partial charge in [-0.3, -0.25) is 4.79 Å². The maximum atomic E-state index is 13.9. The SMILES string of the molecule is O=C(c1cc(Cl)ccc1F)N1CCC[C@@H](Nc2ccccc2)C1. The van der Waals surface area contributed by atoms with Gasteiger partial charge >= 0.3 is 0 Å². The summed E-state index contributed by atoms with van der Waals surface area (Å²) in [5, 5.41) is 3.80. The molecule has 0 unspecified atom stereocenters. The van der Waals surface area contributed by atoms with E-state index in [9.17, 15) is 9.18 Å². The number of nitrogens with zero attached hydrogens (tertiary/aromatic N) is 1. The fourth-order valence-electron chi connectivity index (χ4n) is 2.88. The number of carbonyl (C=O) groups excluding carboxylic acids is 1. The lowest BCUT2D eigenvalue weighted by molar-refractivity contribution is 0.0710. The van der Waals surface area contributed by atoms with E-state index in [-0.39, 0.29) is 17.5 Å². The fourth-order valence-corrected chi connectivity index (χ4v) is 3.05. The zero-order valence-corrected chi connectivity index (χ0v) is 13.4. The van der Waals surface area contributed by atoms with Gasteiger partial charge in [0.25, 0.3) is 5.91 Å². The first-order valence-corrected chi connectivity index (χ1v) is 8.07. The lowest BCUT2D eigenvalue weighted by Crippen LogP contribution is -2.45. The Morgan fingerprint density at radius 2 is 2.00 bits per heavy atom. The van der Waals surface area contributed by atoms with Crippen molar-refractivity contribution in [2.45, 2.75) is 18.9 Å². The van der Waals surface area contributed by atoms with Crippen molar-refractivity contribution in [2.24, 2.45) is 0 Å². The topological polar surface area (TPSA) is 32.3 Å². The third-order valence-electron chi connectivity index (χ3n) is 4.01. The number of likely N-dealkylation sites (tertiary alicyclic amines) is 1. The van der Waals surface area contributed by atoms with Crippen molar-refractivity contribution < 1.29 is 9.18 Å². The van der Waals surface area contributed by atoms with E-state index in [1.807, 2.05) is 30.3 Å². The molecule has 3 rings (SSSR count). The second kappa shape index (κ2) is 7.01. The van der Waals surface area contributed by atoms with E-state index in [1.54, 1.807) is 4.90 Å². The van der Waals surface area contributed by atoms with Crippen molar-refractivity contribution in [3.63, 3.8) is 0 Å². The molecule has 0 spiro atoms. The van der Waals surface area contributed by atoms with Crippen LogP contribution in [0.1, 0.15) is 23.2 Å². The molecule has 1 aliphatic heterocycles. The van der Waals surface area contributed by atoms with Crippen LogP contribution in [0.3, 0.4) is 0 Å². The number of amides is 1. The minimum Gasteiger partial charge on any atom is -0.381 e. The van der Waals surface area contributed by atoms with Gasteiger partial charge in [-0.25, -0.2) is 4.39 Å². The lowest BCUT2D eigenvalue weighted by atomic mass is 10.0. The summed E-state index contributed by atoms with van der Waals surface area (Å²) in [6.07, 6.45) is 1.87. The van der Waals surface area contributed by atoms with Crippen LogP contribution in [-0.2, 0) is 0 Å². The van der Waals surface area contributed by atoms with Crippen LogP contribution in [0, 0.1) is 5.82 Å². The molecule has 120 valence electrons. The quantitative estimate of drug-likeness (QED) is 0.913. The van der Waals surface area contributed by atoms with Crippen molar-refractivity contribution in [3.8, 4) is 0 Å². The zero-order chi connectivity index (χ0) is 16.2. The molecule has 0 aliphatic carbocycles. The van der Waals surface area contributed by atoms with Crippen LogP contribution in [0.15, 0.2) is 48.5 Å². The smallest absolute Gasteiger partial charge is 0.256 e. The standard InChI is InChI=1S/C18H18ClFN2O/c19-13-8-9-17(20)16(11-13)18(23)22-10-4-7-15(12-22)21-14-5-2-1-3-6-14/h1-3,5-6,8-9,11,15,21H,4,7,10,12H2/t15-/m1/s1. The molecular weight excluding hydrogens is 315 g/mol. The summed E-state index contributed by atoms with van der Waals surface area (Å²) >= 11 is 5.89. The molecular formula is C18H18ClFN2O. The molecule has 1 heterocycles. The molecule has 5 heteroatoms. The van der Waals surface area contributed by atoms with Crippen molar-refractivity contribution in [3.05, 3.63) is 64.9 Å². The average Bonchev–Trinajstić information content (AvgIpc) is 2.57. The molecule has 1 fully saturated rings. The molecule has 0 radical (unpaired) electrons. The van der Waals surface area contributed by atoms with E-state index < -0.39 is 5.82 Å². The van der Waals surface area contributed by atoms with Gasteiger partial charge in [-0.05, 0) is 43.2 Å². The molecule has 0 bridgehead atoms. The van der Waals surface area contributed by atoms with Gasteiger partial charge in [0, 0.05) is 29.8 Å². The van der Waals surface area contributed by atoms with Gasteiger partial charge in [-0.15, -0.1) is 0 Å². The Kier molecular flexibility index (Phi) is 4.82. The predicted octanol–water partition coefficient (Wildman–Crippen LogP) is 4.20. The fraction of sp³-hybridized carbons (Fsp3) is 0.278. The molecule has 1 saturated heterocycles. The Labute approximate surface area is 140 Å². The maximum Gasteiger partial charge on any atom is 0.256 e. The Hall–Kier alpha value is -2.07. The number of rotatable bonds is 3. The van der Waals surface area contributed by atoms with E-state index in [0.717, 1.165) is 18.5 Å². The number of anilines is 1. The summed E-state index contributed by atoms with van der Waals surface area (Å²) in [5.74, 6) is -0.831. The largest absolute Gasteiger partial charge is 0.381 e. The summed E-state index contributed by atoms with van der Waals surface area (Å²) < 4.78 is 13.9. The number of hydrogen-bond acceptors (Lipinski definition) is 2. The van der Waals surface area contributed by atoms with E-state index in [0.29, 0.717) is 18.1 Å². The van der Waals surface area contributed by atoms with E-state index >= 15 is 0 Å². The van der Waals surface area contributed by atoms with Gasteiger partial charge in [0.2, 0.25) is 0 Å². The van der Waals surface area contributed by atoms with E-state index in [2.05, 4.69) is 5.32 Å². The summed E-state index contributed by atoms with van der Waals surface area (Å²) in [4.78, 5) is 14.3. The van der Waals surface area contributed by atoms with Crippen LogP contribution >= 0.6 is 11.6 Å². The summed E-state index contributed by atoms with van der Waals surface area (Å²) in [7, 11) is 0. The number of para-hydroxylation sites is 1. The number of benzene rings is 2. The molecule has 23 heavy (non-hydrogen) atoms. The summed E-state index contributed by atoms with van der Waals surface area (Å²) in [6.45, 7) is 1.19. The van der Waals surface area contributed by atoms with Gasteiger partial charge in [0.15, 0.2) is 0 Å². The summed E-state index contributed by atoms with van der Waals surface area (Å²) in [6, 6.07) is 14.1. The Morgan fingerprint density at radius 3 is 2.78 bits per heavy atom. The van der Waals surface area contributed by atoms with Gasteiger partial charge < -0.3 is 10.2 Å². The second-order valence-electron chi connectivity index (χ2n) is 5.72. The molecule has 1 aliphatic rings. The Bertz CT molecular complexity index is 693. The number of halogens is 2. The van der Waals surface area contributed by atoms with E-state index in [4.69, 9.17) is 11.6 Å². The second-order valence-corrected chi connectivity index (χ2v) is 6.16. The zero-order valence-electron chi connectivity index (χ0n) is 12.6. The van der Waals surface area contributed by atoms with Crippen molar-refractivity contribution in [1.29, 1.82) is 0 Å². The highest BCUT2D eigenvalue weighted by Gasteiger charge is 2.26. The first kappa shape index (κ1) is 15.8. The number of nitrogens with one attached hydrogen (secondary N) is 1. The average molecular weight is 333 g/mol. The predicted molar refractivity (Wildman–Crippen MR) is 90.4 cm³/mol. The molecule has 1 atom stereocenters. The van der Waals surface area contributed by atoms with Crippen molar-refractivity contribution >= 4 is 23.2 Å². The van der Waals surface area contributed by atoms with Crippen LogP contribution < -0.4 is 5.32 Å². The van der Waals surface area contributed by atoms with E-state index in [1.165, 1.54) is 18.2 Å². The number of piperidine rings is 1.